The summed E-state index contributed by atoms with van der Waals surface area (Å²) >= 11 is 0. The van der Waals surface area contributed by atoms with E-state index in [0.717, 1.165) is 16.4 Å². The summed E-state index contributed by atoms with van der Waals surface area (Å²) in [6.07, 6.45) is 0.652. The summed E-state index contributed by atoms with van der Waals surface area (Å²) in [5.74, 6) is -2.52. The van der Waals surface area contributed by atoms with Crippen molar-refractivity contribution in [3.05, 3.63) is 35.4 Å². The Labute approximate surface area is 146 Å². The number of amides is 1. The zero-order valence-corrected chi connectivity index (χ0v) is 15.1. The van der Waals surface area contributed by atoms with Crippen molar-refractivity contribution in [2.45, 2.75) is 25.3 Å². The smallest absolute Gasteiger partial charge is 0.235 e. The number of nitrogens with one attached hydrogen (secondary N) is 2. The van der Waals surface area contributed by atoms with Crippen molar-refractivity contribution in [3.63, 3.8) is 0 Å². The highest BCUT2D eigenvalue weighted by Crippen LogP contribution is 2.27. The van der Waals surface area contributed by atoms with Crippen molar-refractivity contribution in [1.82, 2.24) is 14.9 Å². The first-order valence-electron chi connectivity index (χ1n) is 8.13. The van der Waals surface area contributed by atoms with Crippen molar-refractivity contribution < 1.29 is 22.0 Å². The van der Waals surface area contributed by atoms with Gasteiger partial charge in [0.05, 0.1) is 12.3 Å². The van der Waals surface area contributed by atoms with Crippen LogP contribution in [-0.2, 0) is 14.8 Å². The van der Waals surface area contributed by atoms with Gasteiger partial charge in [0, 0.05) is 25.6 Å². The van der Waals surface area contributed by atoms with E-state index in [1.165, 1.54) is 20.0 Å². The molecular formula is C16H23F2N3O3S. The molecule has 0 aromatic heterocycles. The standard InChI is InChI=1S/C16H23F2N3O3S/c1-3-25(23,24)21(2)10-16(22)20-15-9-19-7-6-12(15)11-4-5-13(17)14(18)8-11/h4-5,8,12,15,19H,3,6-7,9-10H2,1-2H3,(H,20,22). The average Bonchev–Trinajstić information content (AvgIpc) is 2.57. The molecule has 1 fully saturated rings. The molecule has 1 aliphatic rings. The van der Waals surface area contributed by atoms with Gasteiger partial charge in [-0.3, -0.25) is 4.79 Å². The lowest BCUT2D eigenvalue weighted by Gasteiger charge is -2.33. The van der Waals surface area contributed by atoms with Gasteiger partial charge in [0.2, 0.25) is 15.9 Å². The van der Waals surface area contributed by atoms with Gasteiger partial charge in [-0.15, -0.1) is 0 Å². The number of carbonyl (C=O) groups is 1. The Hall–Kier alpha value is -1.58. The number of benzene rings is 1. The molecule has 1 aromatic rings. The zero-order valence-electron chi connectivity index (χ0n) is 14.3. The number of halogens is 2. The van der Waals surface area contributed by atoms with Gasteiger partial charge in [-0.05, 0) is 37.6 Å². The highest BCUT2D eigenvalue weighted by molar-refractivity contribution is 7.89. The second kappa shape index (κ2) is 8.20. The first-order valence-corrected chi connectivity index (χ1v) is 9.74. The first-order chi connectivity index (χ1) is 11.7. The van der Waals surface area contributed by atoms with Crippen LogP contribution in [-0.4, -0.2) is 57.1 Å². The summed E-state index contributed by atoms with van der Waals surface area (Å²) in [5, 5.41) is 5.95. The Kier molecular flexibility index (Phi) is 6.47. The summed E-state index contributed by atoms with van der Waals surface area (Å²) in [6, 6.07) is 3.41. The Balaban J connectivity index is 2.07. The average molecular weight is 375 g/mol. The lowest BCUT2D eigenvalue weighted by atomic mass is 9.86. The molecule has 0 spiro atoms. The van der Waals surface area contributed by atoms with Crippen LogP contribution >= 0.6 is 0 Å². The van der Waals surface area contributed by atoms with E-state index in [0.29, 0.717) is 25.1 Å². The van der Waals surface area contributed by atoms with Crippen LogP contribution in [0.5, 0.6) is 0 Å². The molecule has 1 heterocycles. The lowest BCUT2D eigenvalue weighted by molar-refractivity contribution is -0.122. The van der Waals surface area contributed by atoms with Crippen LogP contribution in [0, 0.1) is 11.6 Å². The number of likely N-dealkylation sites (N-methyl/N-ethyl adjacent to an activating group) is 1. The molecule has 1 saturated heterocycles. The van der Waals surface area contributed by atoms with Crippen LogP contribution in [0.2, 0.25) is 0 Å². The molecule has 0 radical (unpaired) electrons. The largest absolute Gasteiger partial charge is 0.350 e. The van der Waals surface area contributed by atoms with E-state index in [2.05, 4.69) is 10.6 Å². The van der Waals surface area contributed by atoms with Crippen LogP contribution in [0.15, 0.2) is 18.2 Å². The highest BCUT2D eigenvalue weighted by Gasteiger charge is 2.29. The van der Waals surface area contributed by atoms with Crippen molar-refractivity contribution in [2.75, 3.05) is 32.4 Å². The molecular weight excluding hydrogens is 352 g/mol. The molecule has 0 saturated carbocycles. The van der Waals surface area contributed by atoms with Crippen molar-refractivity contribution in [2.24, 2.45) is 0 Å². The summed E-state index contributed by atoms with van der Waals surface area (Å²) in [4.78, 5) is 12.2. The minimum absolute atomic E-state index is 0.0841. The van der Waals surface area contributed by atoms with Gasteiger partial charge in [-0.25, -0.2) is 17.2 Å². The third kappa shape index (κ3) is 4.96. The molecule has 2 unspecified atom stereocenters. The van der Waals surface area contributed by atoms with Crippen LogP contribution in [0.4, 0.5) is 8.78 Å². The molecule has 2 rings (SSSR count). The number of piperidine rings is 1. The molecule has 2 atom stereocenters. The van der Waals surface area contributed by atoms with Crippen molar-refractivity contribution >= 4 is 15.9 Å². The maximum atomic E-state index is 13.5. The summed E-state index contributed by atoms with van der Waals surface area (Å²) in [5.41, 5.74) is 0.611. The van der Waals surface area contributed by atoms with E-state index in [1.807, 2.05) is 0 Å². The minimum Gasteiger partial charge on any atom is -0.350 e. The van der Waals surface area contributed by atoms with Crippen LogP contribution < -0.4 is 10.6 Å². The SMILES string of the molecule is CCS(=O)(=O)N(C)CC(=O)NC1CNCCC1c1ccc(F)c(F)c1. The number of hydrogen-bond acceptors (Lipinski definition) is 4. The monoisotopic (exact) mass is 375 g/mol. The molecule has 1 amide bonds. The van der Waals surface area contributed by atoms with Gasteiger partial charge in [-0.2, -0.15) is 4.31 Å². The molecule has 0 aliphatic carbocycles. The van der Waals surface area contributed by atoms with E-state index < -0.39 is 27.6 Å². The molecule has 6 nitrogen and oxygen atoms in total. The van der Waals surface area contributed by atoms with Gasteiger partial charge in [0.15, 0.2) is 11.6 Å². The molecule has 0 bridgehead atoms. The molecule has 140 valence electrons. The fraction of sp³-hybridized carbons (Fsp3) is 0.562. The van der Waals surface area contributed by atoms with Crippen molar-refractivity contribution in [1.29, 1.82) is 0 Å². The van der Waals surface area contributed by atoms with Crippen molar-refractivity contribution in [3.8, 4) is 0 Å². The molecule has 2 N–H and O–H groups in total. The van der Waals surface area contributed by atoms with E-state index in [9.17, 15) is 22.0 Å². The van der Waals surface area contributed by atoms with Gasteiger partial charge in [0.1, 0.15) is 0 Å². The maximum absolute atomic E-state index is 13.5. The lowest BCUT2D eigenvalue weighted by Crippen LogP contribution is -2.52. The Morgan fingerprint density at radius 2 is 2.08 bits per heavy atom. The summed E-state index contributed by atoms with van der Waals surface area (Å²) < 4.78 is 51.1. The van der Waals surface area contributed by atoms with Crippen LogP contribution in [0.25, 0.3) is 0 Å². The Morgan fingerprint density at radius 1 is 1.36 bits per heavy atom. The molecule has 1 aliphatic heterocycles. The minimum atomic E-state index is -3.44. The maximum Gasteiger partial charge on any atom is 0.235 e. The first kappa shape index (κ1) is 19.7. The predicted molar refractivity (Wildman–Crippen MR) is 90.6 cm³/mol. The quantitative estimate of drug-likeness (QED) is 0.771. The molecule has 1 aromatic carbocycles. The normalized spacial score (nSPS) is 21.3. The highest BCUT2D eigenvalue weighted by atomic mass is 32.2. The van der Waals surface area contributed by atoms with Gasteiger partial charge in [0.25, 0.3) is 0 Å². The van der Waals surface area contributed by atoms with Crippen LogP contribution in [0.3, 0.4) is 0 Å². The second-order valence-corrected chi connectivity index (χ2v) is 8.47. The fourth-order valence-electron chi connectivity index (χ4n) is 2.93. The summed E-state index contributed by atoms with van der Waals surface area (Å²) in [7, 11) is -2.09. The van der Waals surface area contributed by atoms with Gasteiger partial charge in [-0.1, -0.05) is 6.07 Å². The number of sulfonamides is 1. The molecule has 25 heavy (non-hydrogen) atoms. The van der Waals surface area contributed by atoms with E-state index >= 15 is 0 Å². The third-order valence-corrected chi connectivity index (χ3v) is 6.21. The molecule has 9 heteroatoms. The topological polar surface area (TPSA) is 78.5 Å². The second-order valence-electron chi connectivity index (χ2n) is 6.10. The number of nitrogens with zero attached hydrogens (tertiary/aromatic N) is 1. The predicted octanol–water partition coefficient (Wildman–Crippen LogP) is 0.808. The summed E-state index contributed by atoms with van der Waals surface area (Å²) in [6.45, 7) is 2.39. The number of hydrogen-bond donors (Lipinski definition) is 2. The van der Waals surface area contributed by atoms with Crippen LogP contribution in [0.1, 0.15) is 24.8 Å². The van der Waals surface area contributed by atoms with Gasteiger partial charge >= 0.3 is 0 Å². The number of carbonyl (C=O) groups excluding carboxylic acids is 1. The number of rotatable bonds is 6. The zero-order chi connectivity index (χ0) is 18.6. The van der Waals surface area contributed by atoms with E-state index in [1.54, 1.807) is 0 Å². The van der Waals surface area contributed by atoms with Gasteiger partial charge < -0.3 is 10.6 Å². The van der Waals surface area contributed by atoms with E-state index in [-0.39, 0.29) is 24.3 Å². The Bertz CT molecular complexity index is 727. The third-order valence-electron chi connectivity index (χ3n) is 4.41. The Morgan fingerprint density at radius 3 is 2.72 bits per heavy atom. The van der Waals surface area contributed by atoms with E-state index in [4.69, 9.17) is 0 Å². The fourth-order valence-corrected chi connectivity index (χ4v) is 3.68.